The van der Waals surface area contributed by atoms with Crippen molar-refractivity contribution in [3.05, 3.63) is 68.7 Å². The summed E-state index contributed by atoms with van der Waals surface area (Å²) in [6, 6.07) is 13.3. The summed E-state index contributed by atoms with van der Waals surface area (Å²) in [6.07, 6.45) is 0.694. The molecule has 82 valence electrons. The summed E-state index contributed by atoms with van der Waals surface area (Å²) in [7, 11) is 0. The lowest BCUT2D eigenvalue weighted by Crippen LogP contribution is -1.90. The lowest BCUT2D eigenvalue weighted by molar-refractivity contribution is 1.19. The van der Waals surface area contributed by atoms with Crippen molar-refractivity contribution in [1.82, 2.24) is 0 Å². The molecule has 0 fully saturated rings. The van der Waals surface area contributed by atoms with E-state index in [0.717, 1.165) is 16.1 Å². The predicted molar refractivity (Wildman–Crippen MR) is 70.7 cm³/mol. The standard InChI is InChI=1S/C13H9Cl3/c14-11-6-2-1-4-9(11)8-10-5-3-7-12(15)13(10)16/h1-7H,8H2. The first-order valence-electron chi connectivity index (χ1n) is 4.85. The molecular weight excluding hydrogens is 263 g/mol. The molecule has 0 atom stereocenters. The summed E-state index contributed by atoms with van der Waals surface area (Å²) < 4.78 is 0. The van der Waals surface area contributed by atoms with Gasteiger partial charge in [0, 0.05) is 11.4 Å². The average Bonchev–Trinajstić information content (AvgIpc) is 2.28. The molecule has 0 saturated heterocycles. The van der Waals surface area contributed by atoms with Crippen LogP contribution in [0.3, 0.4) is 0 Å². The zero-order chi connectivity index (χ0) is 11.5. The van der Waals surface area contributed by atoms with E-state index in [1.54, 1.807) is 6.07 Å². The Kier molecular flexibility index (Phi) is 3.75. The molecule has 2 aromatic carbocycles. The fraction of sp³-hybridized carbons (Fsp3) is 0.0769. The molecule has 0 aliphatic heterocycles. The van der Waals surface area contributed by atoms with E-state index in [1.807, 2.05) is 36.4 Å². The Morgan fingerprint density at radius 2 is 1.31 bits per heavy atom. The number of halogens is 3. The monoisotopic (exact) mass is 270 g/mol. The van der Waals surface area contributed by atoms with Gasteiger partial charge in [-0.2, -0.15) is 0 Å². The minimum absolute atomic E-state index is 0.575. The van der Waals surface area contributed by atoms with Gasteiger partial charge in [-0.15, -0.1) is 0 Å². The third kappa shape index (κ3) is 2.52. The number of benzene rings is 2. The van der Waals surface area contributed by atoms with E-state index in [4.69, 9.17) is 34.8 Å². The van der Waals surface area contributed by atoms with E-state index in [-0.39, 0.29) is 0 Å². The van der Waals surface area contributed by atoms with Gasteiger partial charge in [-0.1, -0.05) is 65.1 Å². The number of hydrogen-bond acceptors (Lipinski definition) is 0. The predicted octanol–water partition coefficient (Wildman–Crippen LogP) is 5.24. The molecule has 0 unspecified atom stereocenters. The Balaban J connectivity index is 2.35. The van der Waals surface area contributed by atoms with Crippen molar-refractivity contribution in [3.63, 3.8) is 0 Å². The van der Waals surface area contributed by atoms with Crippen molar-refractivity contribution in [2.24, 2.45) is 0 Å². The molecule has 0 saturated carbocycles. The van der Waals surface area contributed by atoms with Gasteiger partial charge in [0.2, 0.25) is 0 Å². The summed E-state index contributed by atoms with van der Waals surface area (Å²) >= 11 is 18.2. The van der Waals surface area contributed by atoms with Crippen LogP contribution in [0.5, 0.6) is 0 Å². The van der Waals surface area contributed by atoms with E-state index < -0.39 is 0 Å². The summed E-state index contributed by atoms with van der Waals surface area (Å²) in [6.45, 7) is 0. The first-order valence-corrected chi connectivity index (χ1v) is 5.98. The minimum Gasteiger partial charge on any atom is -0.0840 e. The largest absolute Gasteiger partial charge is 0.0840 e. The SMILES string of the molecule is Clc1ccccc1Cc1cccc(Cl)c1Cl. The van der Waals surface area contributed by atoms with Crippen LogP contribution in [0.4, 0.5) is 0 Å². The molecule has 0 aromatic heterocycles. The van der Waals surface area contributed by atoms with Gasteiger partial charge in [0.05, 0.1) is 10.0 Å². The van der Waals surface area contributed by atoms with Gasteiger partial charge >= 0.3 is 0 Å². The second-order valence-corrected chi connectivity index (χ2v) is 4.67. The zero-order valence-corrected chi connectivity index (χ0v) is 10.7. The molecule has 0 bridgehead atoms. The minimum atomic E-state index is 0.575. The van der Waals surface area contributed by atoms with Crippen molar-refractivity contribution in [2.45, 2.75) is 6.42 Å². The molecule has 0 heterocycles. The van der Waals surface area contributed by atoms with Gasteiger partial charge in [0.25, 0.3) is 0 Å². The molecule has 0 spiro atoms. The van der Waals surface area contributed by atoms with Gasteiger partial charge in [0.1, 0.15) is 0 Å². The molecule has 0 aliphatic carbocycles. The Morgan fingerprint density at radius 3 is 2.06 bits per heavy atom. The topological polar surface area (TPSA) is 0 Å². The molecule has 2 rings (SSSR count). The molecule has 3 heteroatoms. The lowest BCUT2D eigenvalue weighted by Gasteiger charge is -2.07. The lowest BCUT2D eigenvalue weighted by atomic mass is 10.1. The van der Waals surface area contributed by atoms with Crippen molar-refractivity contribution in [1.29, 1.82) is 0 Å². The van der Waals surface area contributed by atoms with Crippen LogP contribution in [0.1, 0.15) is 11.1 Å². The van der Waals surface area contributed by atoms with Crippen LogP contribution >= 0.6 is 34.8 Å². The maximum absolute atomic E-state index is 6.12. The van der Waals surface area contributed by atoms with Gasteiger partial charge in [-0.3, -0.25) is 0 Å². The summed E-state index contributed by atoms with van der Waals surface area (Å²) in [5.74, 6) is 0. The molecule has 0 nitrogen and oxygen atoms in total. The summed E-state index contributed by atoms with van der Waals surface area (Å²) in [5.41, 5.74) is 2.04. The zero-order valence-electron chi connectivity index (χ0n) is 8.38. The van der Waals surface area contributed by atoms with Crippen LogP contribution in [0, 0.1) is 0 Å². The Bertz CT molecular complexity index is 506. The molecule has 0 N–H and O–H groups in total. The maximum Gasteiger partial charge on any atom is 0.0627 e. The molecule has 2 aromatic rings. The highest BCUT2D eigenvalue weighted by Gasteiger charge is 2.06. The average molecular weight is 272 g/mol. The Morgan fingerprint density at radius 1 is 0.688 bits per heavy atom. The molecule has 16 heavy (non-hydrogen) atoms. The Labute approximate surface area is 110 Å². The third-order valence-corrected chi connectivity index (χ3v) is 3.60. The molecular formula is C13H9Cl3. The van der Waals surface area contributed by atoms with Crippen LogP contribution < -0.4 is 0 Å². The fourth-order valence-electron chi connectivity index (χ4n) is 1.53. The van der Waals surface area contributed by atoms with Gasteiger partial charge in [-0.25, -0.2) is 0 Å². The highest BCUT2D eigenvalue weighted by molar-refractivity contribution is 6.42. The number of rotatable bonds is 2. The van der Waals surface area contributed by atoms with Gasteiger partial charge in [0.15, 0.2) is 0 Å². The highest BCUT2D eigenvalue weighted by Crippen LogP contribution is 2.28. The third-order valence-electron chi connectivity index (χ3n) is 2.37. The second kappa shape index (κ2) is 5.09. The van der Waals surface area contributed by atoms with Crippen LogP contribution in [-0.4, -0.2) is 0 Å². The summed E-state index contributed by atoms with van der Waals surface area (Å²) in [5, 5.41) is 1.92. The fourth-order valence-corrected chi connectivity index (χ4v) is 2.12. The highest BCUT2D eigenvalue weighted by atomic mass is 35.5. The van der Waals surface area contributed by atoms with Crippen molar-refractivity contribution in [3.8, 4) is 0 Å². The quantitative estimate of drug-likeness (QED) is 0.701. The van der Waals surface area contributed by atoms with Crippen molar-refractivity contribution >= 4 is 34.8 Å². The smallest absolute Gasteiger partial charge is 0.0627 e. The first kappa shape index (κ1) is 11.8. The van der Waals surface area contributed by atoms with E-state index in [9.17, 15) is 0 Å². The molecule has 0 amide bonds. The van der Waals surface area contributed by atoms with Crippen LogP contribution in [0.25, 0.3) is 0 Å². The van der Waals surface area contributed by atoms with Gasteiger partial charge < -0.3 is 0 Å². The van der Waals surface area contributed by atoms with E-state index in [1.165, 1.54) is 0 Å². The van der Waals surface area contributed by atoms with Crippen LogP contribution in [-0.2, 0) is 6.42 Å². The van der Waals surface area contributed by atoms with E-state index in [2.05, 4.69) is 0 Å². The van der Waals surface area contributed by atoms with Gasteiger partial charge in [-0.05, 0) is 23.3 Å². The van der Waals surface area contributed by atoms with Crippen molar-refractivity contribution < 1.29 is 0 Å². The van der Waals surface area contributed by atoms with Crippen LogP contribution in [0.2, 0.25) is 15.1 Å². The molecule has 0 aliphatic rings. The molecule has 0 radical (unpaired) electrons. The van der Waals surface area contributed by atoms with E-state index in [0.29, 0.717) is 16.5 Å². The first-order chi connectivity index (χ1) is 7.68. The second-order valence-electron chi connectivity index (χ2n) is 3.48. The summed E-state index contributed by atoms with van der Waals surface area (Å²) in [4.78, 5) is 0. The van der Waals surface area contributed by atoms with Crippen LogP contribution in [0.15, 0.2) is 42.5 Å². The number of hydrogen-bond donors (Lipinski definition) is 0. The van der Waals surface area contributed by atoms with Crippen molar-refractivity contribution in [2.75, 3.05) is 0 Å². The van der Waals surface area contributed by atoms with E-state index >= 15 is 0 Å². The maximum atomic E-state index is 6.12. The Hall–Kier alpha value is -0.690. The normalized spacial score (nSPS) is 10.4.